The fraction of sp³-hybridized carbons (Fsp3) is 0.375. The van der Waals surface area contributed by atoms with Gasteiger partial charge in [-0.3, -0.25) is 14.6 Å². The number of carbonyl (C=O) groups excluding carboxylic acids is 1. The predicted molar refractivity (Wildman–Crippen MR) is 119 cm³/mol. The lowest BCUT2D eigenvalue weighted by molar-refractivity contribution is 0.0935. The largest absolute Gasteiger partial charge is 0.351 e. The van der Waals surface area contributed by atoms with Crippen LogP contribution in [0, 0.1) is 19.7 Å². The van der Waals surface area contributed by atoms with Crippen LogP contribution >= 0.6 is 0 Å². The van der Waals surface area contributed by atoms with Crippen molar-refractivity contribution in [2.75, 3.05) is 39.3 Å². The van der Waals surface area contributed by atoms with Crippen LogP contribution in [0.5, 0.6) is 0 Å². The van der Waals surface area contributed by atoms with Gasteiger partial charge in [-0.05, 0) is 25.5 Å². The number of fused-ring (bicyclic) bond motifs is 1. The third kappa shape index (κ3) is 5.24. The van der Waals surface area contributed by atoms with E-state index in [1.165, 1.54) is 17.7 Å². The monoisotopic (exact) mass is 421 g/mol. The third-order valence-electron chi connectivity index (χ3n) is 5.82. The molecule has 1 aliphatic rings. The number of aryl methyl sites for hydroxylation is 2. The first-order chi connectivity index (χ1) is 15.0. The highest BCUT2D eigenvalue weighted by Gasteiger charge is 2.18. The minimum absolute atomic E-state index is 0.235. The quantitative estimate of drug-likeness (QED) is 0.663. The van der Waals surface area contributed by atoms with E-state index in [1.807, 2.05) is 19.9 Å². The van der Waals surface area contributed by atoms with E-state index >= 15 is 0 Å². The molecule has 2 aromatic carbocycles. The molecule has 1 aliphatic heterocycles. The van der Waals surface area contributed by atoms with Crippen LogP contribution in [-0.4, -0.2) is 64.9 Å². The summed E-state index contributed by atoms with van der Waals surface area (Å²) in [6.07, 6.45) is 0. The minimum atomic E-state index is -0.482. The van der Waals surface area contributed by atoms with Gasteiger partial charge in [0.2, 0.25) is 0 Å². The Labute approximate surface area is 182 Å². The molecule has 0 atom stereocenters. The summed E-state index contributed by atoms with van der Waals surface area (Å²) >= 11 is 0. The molecule has 1 fully saturated rings. The van der Waals surface area contributed by atoms with Crippen LogP contribution in [0.4, 0.5) is 4.39 Å². The van der Waals surface area contributed by atoms with Crippen molar-refractivity contribution in [2.24, 2.45) is 0 Å². The van der Waals surface area contributed by atoms with Crippen molar-refractivity contribution >= 4 is 16.9 Å². The van der Waals surface area contributed by atoms with Gasteiger partial charge < -0.3 is 5.32 Å². The maximum atomic E-state index is 14.0. The smallest absolute Gasteiger partial charge is 0.253 e. The number of piperazine rings is 1. The van der Waals surface area contributed by atoms with E-state index in [2.05, 4.69) is 49.4 Å². The number of hydrogen-bond donors (Lipinski definition) is 1. The summed E-state index contributed by atoms with van der Waals surface area (Å²) < 4.78 is 14.0. The van der Waals surface area contributed by atoms with Crippen molar-refractivity contribution in [3.05, 3.63) is 70.8 Å². The van der Waals surface area contributed by atoms with Crippen LogP contribution in [0.2, 0.25) is 0 Å². The molecule has 0 saturated carbocycles. The maximum Gasteiger partial charge on any atom is 0.253 e. The van der Waals surface area contributed by atoms with E-state index in [0.717, 1.165) is 50.7 Å². The second kappa shape index (κ2) is 9.49. The van der Waals surface area contributed by atoms with Gasteiger partial charge in [0.25, 0.3) is 5.91 Å². The van der Waals surface area contributed by atoms with Crippen molar-refractivity contribution < 1.29 is 9.18 Å². The third-order valence-corrected chi connectivity index (χ3v) is 5.82. The highest BCUT2D eigenvalue weighted by molar-refractivity contribution is 6.04. The highest BCUT2D eigenvalue weighted by Crippen LogP contribution is 2.19. The number of rotatable bonds is 6. The molecule has 7 heteroatoms. The first-order valence-electron chi connectivity index (χ1n) is 10.7. The zero-order chi connectivity index (χ0) is 21.8. The SMILES string of the molecule is Cc1nc2cc(F)cc(C(=O)NCCN3CCN(Cc4ccccc4)CC3)c2nc1C. The number of benzene rings is 2. The Balaban J connectivity index is 1.30. The molecule has 0 radical (unpaired) electrons. The average Bonchev–Trinajstić information content (AvgIpc) is 2.76. The summed E-state index contributed by atoms with van der Waals surface area (Å²) in [4.78, 5) is 26.4. The number of nitrogens with zero attached hydrogens (tertiary/aromatic N) is 4. The molecular formula is C24H28FN5O. The number of halogens is 1. The lowest BCUT2D eigenvalue weighted by Gasteiger charge is -2.34. The molecule has 162 valence electrons. The number of amides is 1. The molecule has 0 bridgehead atoms. The Bertz CT molecular complexity index is 1060. The number of carbonyl (C=O) groups is 1. The molecular weight excluding hydrogens is 393 g/mol. The lowest BCUT2D eigenvalue weighted by Crippen LogP contribution is -2.48. The number of aromatic nitrogens is 2. The van der Waals surface area contributed by atoms with Crippen LogP contribution in [0.1, 0.15) is 27.3 Å². The average molecular weight is 422 g/mol. The number of nitrogens with one attached hydrogen (secondary N) is 1. The van der Waals surface area contributed by atoms with Crippen molar-refractivity contribution in [1.29, 1.82) is 0 Å². The number of hydrogen-bond acceptors (Lipinski definition) is 5. The van der Waals surface area contributed by atoms with Gasteiger partial charge in [-0.2, -0.15) is 0 Å². The summed E-state index contributed by atoms with van der Waals surface area (Å²) in [6.45, 7) is 9.85. The standard InChI is InChI=1S/C24H28FN5O/c1-17-18(2)28-23-21(14-20(25)15-22(23)27-17)24(31)26-8-9-29-10-12-30(13-11-29)16-19-6-4-3-5-7-19/h3-7,14-15H,8-13,16H2,1-2H3,(H,26,31). The summed E-state index contributed by atoms with van der Waals surface area (Å²) in [5.41, 5.74) is 3.88. The van der Waals surface area contributed by atoms with Crippen LogP contribution in [-0.2, 0) is 6.54 Å². The van der Waals surface area contributed by atoms with Gasteiger partial charge >= 0.3 is 0 Å². The van der Waals surface area contributed by atoms with Crippen molar-refractivity contribution in [1.82, 2.24) is 25.1 Å². The van der Waals surface area contributed by atoms with Gasteiger partial charge in [-0.1, -0.05) is 30.3 Å². The van der Waals surface area contributed by atoms with Crippen LogP contribution < -0.4 is 5.32 Å². The lowest BCUT2D eigenvalue weighted by atomic mass is 10.1. The summed E-state index contributed by atoms with van der Waals surface area (Å²) in [5.74, 6) is -0.797. The summed E-state index contributed by atoms with van der Waals surface area (Å²) in [6, 6.07) is 13.1. The molecule has 1 N–H and O–H groups in total. The zero-order valence-corrected chi connectivity index (χ0v) is 18.1. The first-order valence-corrected chi connectivity index (χ1v) is 10.7. The fourth-order valence-corrected chi connectivity index (χ4v) is 3.91. The predicted octanol–water partition coefficient (Wildman–Crippen LogP) is 2.93. The molecule has 1 amide bonds. The molecule has 0 spiro atoms. The first kappa shape index (κ1) is 21.3. The summed E-state index contributed by atoms with van der Waals surface area (Å²) in [5, 5.41) is 2.92. The second-order valence-electron chi connectivity index (χ2n) is 8.07. The molecule has 0 aliphatic carbocycles. The van der Waals surface area contributed by atoms with Crippen molar-refractivity contribution in [2.45, 2.75) is 20.4 Å². The Kier molecular flexibility index (Phi) is 6.53. The van der Waals surface area contributed by atoms with Gasteiger partial charge in [0.1, 0.15) is 11.3 Å². The summed E-state index contributed by atoms with van der Waals surface area (Å²) in [7, 11) is 0. The zero-order valence-electron chi connectivity index (χ0n) is 18.1. The van der Waals surface area contributed by atoms with Crippen LogP contribution in [0.3, 0.4) is 0 Å². The van der Waals surface area contributed by atoms with Gasteiger partial charge in [-0.25, -0.2) is 14.4 Å². The molecule has 0 unspecified atom stereocenters. The Morgan fingerprint density at radius 1 is 1.00 bits per heavy atom. The Morgan fingerprint density at radius 2 is 1.68 bits per heavy atom. The molecule has 4 rings (SSSR count). The van der Waals surface area contributed by atoms with Gasteiger partial charge in [0.05, 0.1) is 22.5 Å². The maximum absolute atomic E-state index is 14.0. The molecule has 1 aromatic heterocycles. The van der Waals surface area contributed by atoms with Gasteiger partial charge in [0.15, 0.2) is 0 Å². The molecule has 2 heterocycles. The van der Waals surface area contributed by atoms with E-state index < -0.39 is 5.82 Å². The molecule has 3 aromatic rings. The van der Waals surface area contributed by atoms with E-state index in [0.29, 0.717) is 17.6 Å². The highest BCUT2D eigenvalue weighted by atomic mass is 19.1. The van der Waals surface area contributed by atoms with Crippen molar-refractivity contribution in [3.63, 3.8) is 0 Å². The normalized spacial score (nSPS) is 15.3. The fourth-order valence-electron chi connectivity index (χ4n) is 3.91. The topological polar surface area (TPSA) is 61.4 Å². The van der Waals surface area contributed by atoms with Gasteiger partial charge in [-0.15, -0.1) is 0 Å². The molecule has 6 nitrogen and oxygen atoms in total. The van der Waals surface area contributed by atoms with Gasteiger partial charge in [0, 0.05) is 51.9 Å². The molecule has 31 heavy (non-hydrogen) atoms. The Hall–Kier alpha value is -2.90. The second-order valence-corrected chi connectivity index (χ2v) is 8.07. The van der Waals surface area contributed by atoms with E-state index in [1.54, 1.807) is 0 Å². The minimum Gasteiger partial charge on any atom is -0.351 e. The van der Waals surface area contributed by atoms with E-state index in [4.69, 9.17) is 0 Å². The van der Waals surface area contributed by atoms with Crippen LogP contribution in [0.25, 0.3) is 11.0 Å². The van der Waals surface area contributed by atoms with E-state index in [-0.39, 0.29) is 11.5 Å². The van der Waals surface area contributed by atoms with Crippen LogP contribution in [0.15, 0.2) is 42.5 Å². The Morgan fingerprint density at radius 3 is 2.42 bits per heavy atom. The molecule has 1 saturated heterocycles. The van der Waals surface area contributed by atoms with E-state index in [9.17, 15) is 9.18 Å². The van der Waals surface area contributed by atoms with Crippen molar-refractivity contribution in [3.8, 4) is 0 Å².